The van der Waals surface area contributed by atoms with E-state index < -0.39 is 11.8 Å². The molecule has 0 amide bonds. The van der Waals surface area contributed by atoms with Crippen LogP contribution in [0.4, 0.5) is 4.79 Å². The number of carbonyl (C=O) groups is 1. The third-order valence-electron chi connectivity index (χ3n) is 3.81. The lowest BCUT2D eigenvalue weighted by atomic mass is 10.2. The average Bonchev–Trinajstić information content (AvgIpc) is 2.70. The second kappa shape index (κ2) is 9.52. The predicted molar refractivity (Wildman–Crippen MR) is 114 cm³/mol. The van der Waals surface area contributed by atoms with E-state index in [1.807, 2.05) is 36.4 Å². The lowest BCUT2D eigenvalue weighted by Gasteiger charge is -2.18. The topological polar surface area (TPSA) is 44.8 Å². The van der Waals surface area contributed by atoms with Crippen molar-refractivity contribution in [1.82, 2.24) is 0 Å². The maximum Gasteiger partial charge on any atom is 0.511 e. The Balaban J connectivity index is 1.69. The van der Waals surface area contributed by atoms with Crippen molar-refractivity contribution in [3.8, 4) is 5.75 Å². The van der Waals surface area contributed by atoms with Gasteiger partial charge in [-0.2, -0.15) is 0 Å². The maximum absolute atomic E-state index is 11.6. The third-order valence-corrected chi connectivity index (χ3v) is 6.04. The van der Waals surface area contributed by atoms with Crippen molar-refractivity contribution in [2.24, 2.45) is 0 Å². The van der Waals surface area contributed by atoms with E-state index in [4.69, 9.17) is 14.2 Å². The summed E-state index contributed by atoms with van der Waals surface area (Å²) in [6.45, 7) is 5.15. The Morgan fingerprint density at radius 1 is 0.759 bits per heavy atom. The average molecular weight is 410 g/mol. The van der Waals surface area contributed by atoms with E-state index in [0.29, 0.717) is 5.75 Å². The van der Waals surface area contributed by atoms with Crippen LogP contribution in [0.5, 0.6) is 5.75 Å². The molecule has 0 aliphatic carbocycles. The molecule has 0 atom stereocenters. The zero-order valence-electron chi connectivity index (χ0n) is 16.8. The van der Waals surface area contributed by atoms with Crippen molar-refractivity contribution < 1.29 is 19.0 Å². The van der Waals surface area contributed by atoms with Crippen LogP contribution in [0.2, 0.25) is 0 Å². The molecule has 3 aromatic carbocycles. The molecular formula is C24H25O4S+. The highest BCUT2D eigenvalue weighted by atomic mass is 32.2. The van der Waals surface area contributed by atoms with Crippen LogP contribution >= 0.6 is 0 Å². The van der Waals surface area contributed by atoms with Crippen LogP contribution in [0.1, 0.15) is 20.8 Å². The molecule has 29 heavy (non-hydrogen) atoms. The lowest BCUT2D eigenvalue weighted by molar-refractivity contribution is -0.0361. The lowest BCUT2D eigenvalue weighted by Crippen LogP contribution is -2.25. The third kappa shape index (κ3) is 6.29. The van der Waals surface area contributed by atoms with Crippen LogP contribution in [-0.2, 0) is 20.4 Å². The van der Waals surface area contributed by atoms with Crippen molar-refractivity contribution in [3.63, 3.8) is 0 Å². The molecule has 150 valence electrons. The zero-order chi connectivity index (χ0) is 20.7. The molecule has 0 bridgehead atoms. The normalized spacial score (nSPS) is 11.2. The van der Waals surface area contributed by atoms with Gasteiger partial charge in [0.15, 0.2) is 14.7 Å². The summed E-state index contributed by atoms with van der Waals surface area (Å²) in [4.78, 5) is 15.3. The summed E-state index contributed by atoms with van der Waals surface area (Å²) in [6, 6.07) is 28.8. The van der Waals surface area contributed by atoms with Gasteiger partial charge in [0.05, 0.1) is 10.9 Å². The van der Waals surface area contributed by atoms with Crippen LogP contribution in [0.15, 0.2) is 99.6 Å². The van der Waals surface area contributed by atoms with E-state index in [0.717, 1.165) is 0 Å². The molecule has 0 unspecified atom stereocenters. The molecule has 0 aliphatic heterocycles. The molecular weight excluding hydrogens is 384 g/mol. The number of ether oxygens (including phenoxy) is 3. The Labute approximate surface area is 174 Å². The second-order valence-corrected chi connectivity index (χ2v) is 9.30. The van der Waals surface area contributed by atoms with Crippen LogP contribution in [0.3, 0.4) is 0 Å². The summed E-state index contributed by atoms with van der Waals surface area (Å²) in [6.07, 6.45) is -0.746. The molecule has 0 spiro atoms. The molecule has 0 fully saturated rings. The van der Waals surface area contributed by atoms with Gasteiger partial charge in [-0.15, -0.1) is 0 Å². The molecule has 4 nitrogen and oxygen atoms in total. The fourth-order valence-corrected chi connectivity index (χ4v) is 4.70. The summed E-state index contributed by atoms with van der Waals surface area (Å²) in [5, 5.41) is 0. The highest BCUT2D eigenvalue weighted by Crippen LogP contribution is 2.31. The number of benzene rings is 3. The van der Waals surface area contributed by atoms with E-state index >= 15 is 0 Å². The van der Waals surface area contributed by atoms with Gasteiger partial charge in [-0.05, 0) is 69.3 Å². The van der Waals surface area contributed by atoms with Gasteiger partial charge in [0.2, 0.25) is 6.79 Å². The molecule has 0 aliphatic rings. The summed E-state index contributed by atoms with van der Waals surface area (Å²) < 4.78 is 15.6. The van der Waals surface area contributed by atoms with Gasteiger partial charge in [-0.25, -0.2) is 4.79 Å². The molecule has 3 rings (SSSR count). The van der Waals surface area contributed by atoms with Crippen LogP contribution in [0.25, 0.3) is 0 Å². The van der Waals surface area contributed by atoms with Crippen LogP contribution in [0, 0.1) is 0 Å². The Hall–Kier alpha value is -2.92. The quantitative estimate of drug-likeness (QED) is 0.282. The van der Waals surface area contributed by atoms with Gasteiger partial charge in [0, 0.05) is 0 Å². The monoisotopic (exact) mass is 409 g/mol. The van der Waals surface area contributed by atoms with Crippen molar-refractivity contribution in [1.29, 1.82) is 0 Å². The van der Waals surface area contributed by atoms with E-state index in [-0.39, 0.29) is 17.7 Å². The van der Waals surface area contributed by atoms with E-state index in [1.54, 1.807) is 20.8 Å². The minimum absolute atomic E-state index is 0.197. The molecule has 0 heterocycles. The van der Waals surface area contributed by atoms with Crippen LogP contribution in [-0.4, -0.2) is 18.5 Å². The first-order valence-corrected chi connectivity index (χ1v) is 10.6. The number of hydrogen-bond acceptors (Lipinski definition) is 4. The Morgan fingerprint density at radius 3 is 1.72 bits per heavy atom. The van der Waals surface area contributed by atoms with Crippen LogP contribution < -0.4 is 4.74 Å². The van der Waals surface area contributed by atoms with Crippen molar-refractivity contribution in [3.05, 3.63) is 84.9 Å². The fraction of sp³-hybridized carbons (Fsp3) is 0.208. The highest BCUT2D eigenvalue weighted by molar-refractivity contribution is 7.97. The first-order valence-electron chi connectivity index (χ1n) is 9.35. The van der Waals surface area contributed by atoms with Gasteiger partial charge in [0.25, 0.3) is 0 Å². The maximum atomic E-state index is 11.6. The highest BCUT2D eigenvalue weighted by Gasteiger charge is 2.28. The number of hydrogen-bond donors (Lipinski definition) is 0. The van der Waals surface area contributed by atoms with Gasteiger partial charge in [-0.1, -0.05) is 36.4 Å². The minimum atomic E-state index is -0.746. The largest absolute Gasteiger partial charge is 0.511 e. The Morgan fingerprint density at radius 2 is 1.24 bits per heavy atom. The smallest absolute Gasteiger partial charge is 0.457 e. The standard InChI is InChI=1S/C24H25O4S/c1-24(2,3)28-23(25)27-18-26-19-14-16-22(17-15-19)29(20-10-6-4-7-11-20)21-12-8-5-9-13-21/h4-17H,18H2,1-3H3/q+1. The first kappa shape index (κ1) is 20.8. The number of carbonyl (C=O) groups excluding carboxylic acids is 1. The van der Waals surface area contributed by atoms with Crippen molar-refractivity contribution >= 4 is 17.1 Å². The minimum Gasteiger partial charge on any atom is -0.457 e. The summed E-state index contributed by atoms with van der Waals surface area (Å²) in [5.74, 6) is 0.627. The van der Waals surface area contributed by atoms with E-state index in [1.165, 1.54) is 14.7 Å². The zero-order valence-corrected chi connectivity index (χ0v) is 17.6. The summed E-state index contributed by atoms with van der Waals surface area (Å²) >= 11 is 0. The van der Waals surface area contributed by atoms with E-state index in [2.05, 4.69) is 48.5 Å². The van der Waals surface area contributed by atoms with Gasteiger partial charge >= 0.3 is 6.16 Å². The molecule has 0 radical (unpaired) electrons. The van der Waals surface area contributed by atoms with Crippen molar-refractivity contribution in [2.75, 3.05) is 6.79 Å². The first-order chi connectivity index (χ1) is 13.9. The Bertz CT molecular complexity index is 864. The molecule has 0 N–H and O–H groups in total. The SMILES string of the molecule is CC(C)(C)OC(=O)OCOc1ccc([S+](c2ccccc2)c2ccccc2)cc1. The van der Waals surface area contributed by atoms with Gasteiger partial charge < -0.3 is 14.2 Å². The summed E-state index contributed by atoms with van der Waals surface area (Å²) in [5.41, 5.74) is -0.594. The van der Waals surface area contributed by atoms with Gasteiger partial charge in [0.1, 0.15) is 11.4 Å². The Kier molecular flexibility index (Phi) is 6.83. The molecule has 0 aromatic heterocycles. The van der Waals surface area contributed by atoms with Crippen molar-refractivity contribution in [2.45, 2.75) is 41.1 Å². The molecule has 0 saturated heterocycles. The molecule has 0 saturated carbocycles. The van der Waals surface area contributed by atoms with E-state index in [9.17, 15) is 4.79 Å². The molecule has 3 aromatic rings. The fourth-order valence-electron chi connectivity index (χ4n) is 2.62. The predicted octanol–water partition coefficient (Wildman–Crippen LogP) is 6.07. The molecule has 5 heteroatoms. The second-order valence-electron chi connectivity index (χ2n) is 7.27. The van der Waals surface area contributed by atoms with Gasteiger partial charge in [-0.3, -0.25) is 0 Å². The summed E-state index contributed by atoms with van der Waals surface area (Å²) in [7, 11) is -0.208. The number of rotatable bonds is 6.